The summed E-state index contributed by atoms with van der Waals surface area (Å²) in [4.78, 5) is 17.7. The molecule has 3 aliphatic rings. The maximum absolute atomic E-state index is 13.4. The summed E-state index contributed by atoms with van der Waals surface area (Å²) >= 11 is 0. The molecule has 0 bridgehead atoms. The molecule has 6 rings (SSSR count). The van der Waals surface area contributed by atoms with Crippen LogP contribution < -0.4 is 16.2 Å². The predicted molar refractivity (Wildman–Crippen MR) is 138 cm³/mol. The highest BCUT2D eigenvalue weighted by Crippen LogP contribution is 2.41. The van der Waals surface area contributed by atoms with Crippen molar-refractivity contribution in [1.29, 1.82) is 0 Å². The number of aliphatic hydroxyl groups is 1. The largest absolute Gasteiger partial charge is 0.388 e. The number of nitrogens with zero attached hydrogens (tertiary/aromatic N) is 3. The van der Waals surface area contributed by atoms with E-state index in [0.29, 0.717) is 24.9 Å². The van der Waals surface area contributed by atoms with Gasteiger partial charge in [0.15, 0.2) is 0 Å². The smallest absolute Gasteiger partial charge is 0.223 e. The van der Waals surface area contributed by atoms with E-state index in [2.05, 4.69) is 38.4 Å². The third-order valence-electron chi connectivity index (χ3n) is 8.49. The maximum atomic E-state index is 13.4. The number of carbonyl (C=O) groups is 1. The Hall–Kier alpha value is -2.81. The van der Waals surface area contributed by atoms with Crippen molar-refractivity contribution in [2.24, 2.45) is 11.8 Å². The summed E-state index contributed by atoms with van der Waals surface area (Å²) in [5.41, 5.74) is 9.26. The number of rotatable bonds is 5. The normalized spacial score (nSPS) is 32.3. The topological polar surface area (TPSA) is 104 Å². The number of pyridine rings is 1. The molecule has 1 aromatic carbocycles. The summed E-state index contributed by atoms with van der Waals surface area (Å²) in [5, 5.41) is 20.4. The van der Waals surface area contributed by atoms with Gasteiger partial charge in [-0.25, -0.2) is 5.43 Å². The highest BCUT2D eigenvalue weighted by atomic mass is 16.3. The van der Waals surface area contributed by atoms with Gasteiger partial charge in [-0.15, -0.1) is 0 Å². The second kappa shape index (κ2) is 9.57. The van der Waals surface area contributed by atoms with Gasteiger partial charge in [-0.1, -0.05) is 18.2 Å². The van der Waals surface area contributed by atoms with Crippen LogP contribution in [0.1, 0.15) is 62.2 Å². The maximum Gasteiger partial charge on any atom is 0.223 e. The Balaban J connectivity index is 1.08. The molecule has 3 fully saturated rings. The molecular formula is C28H36N6O2. The van der Waals surface area contributed by atoms with Crippen molar-refractivity contribution in [1.82, 2.24) is 30.9 Å². The average Bonchev–Trinajstić information content (AvgIpc) is 3.46. The number of hydrazine groups is 1. The van der Waals surface area contributed by atoms with E-state index in [1.54, 1.807) is 0 Å². The van der Waals surface area contributed by atoms with Crippen LogP contribution in [0.5, 0.6) is 0 Å². The number of aromatic nitrogens is 3. The molecule has 1 amide bonds. The van der Waals surface area contributed by atoms with Gasteiger partial charge >= 0.3 is 0 Å². The van der Waals surface area contributed by atoms with Crippen molar-refractivity contribution < 1.29 is 9.90 Å². The van der Waals surface area contributed by atoms with E-state index in [1.165, 1.54) is 5.56 Å². The van der Waals surface area contributed by atoms with Crippen molar-refractivity contribution in [3.05, 3.63) is 60.0 Å². The Kier molecular flexibility index (Phi) is 6.27. The molecule has 3 aromatic rings. The van der Waals surface area contributed by atoms with Gasteiger partial charge in [0.1, 0.15) is 0 Å². The van der Waals surface area contributed by atoms with Gasteiger partial charge in [-0.05, 0) is 81.5 Å². The summed E-state index contributed by atoms with van der Waals surface area (Å²) in [5.74, 6) is 0.516. The fraction of sp³-hybridized carbons (Fsp3) is 0.536. The molecule has 1 aliphatic heterocycles. The van der Waals surface area contributed by atoms with Gasteiger partial charge in [-0.2, -0.15) is 5.10 Å². The summed E-state index contributed by atoms with van der Waals surface area (Å²) in [6.07, 6.45) is 9.70. The molecule has 1 saturated heterocycles. The zero-order valence-corrected chi connectivity index (χ0v) is 20.9. The van der Waals surface area contributed by atoms with E-state index in [1.807, 2.05) is 48.3 Å². The molecule has 4 N–H and O–H groups in total. The molecule has 3 heterocycles. The fourth-order valence-electron chi connectivity index (χ4n) is 6.71. The van der Waals surface area contributed by atoms with Gasteiger partial charge in [0.25, 0.3) is 0 Å². The third-order valence-corrected chi connectivity index (χ3v) is 8.49. The van der Waals surface area contributed by atoms with E-state index >= 15 is 0 Å². The van der Waals surface area contributed by atoms with Crippen LogP contribution in [0.2, 0.25) is 0 Å². The lowest BCUT2D eigenvalue weighted by Crippen LogP contribution is -2.50. The van der Waals surface area contributed by atoms with Crippen molar-refractivity contribution in [2.45, 2.75) is 82.1 Å². The molecule has 8 nitrogen and oxygen atoms in total. The highest BCUT2D eigenvalue weighted by molar-refractivity contribution is 5.79. The van der Waals surface area contributed by atoms with E-state index in [4.69, 9.17) is 0 Å². The Bertz CT molecular complexity index is 1210. The summed E-state index contributed by atoms with van der Waals surface area (Å²) in [7, 11) is 0. The number of amides is 1. The minimum absolute atomic E-state index is 0.00239. The average molecular weight is 489 g/mol. The minimum atomic E-state index is -0.862. The second-order valence-corrected chi connectivity index (χ2v) is 11.2. The third kappa shape index (κ3) is 4.77. The van der Waals surface area contributed by atoms with Crippen LogP contribution in [-0.2, 0) is 11.3 Å². The van der Waals surface area contributed by atoms with Crippen molar-refractivity contribution in [3.63, 3.8) is 0 Å². The lowest BCUT2D eigenvalue weighted by Gasteiger charge is -2.38. The van der Waals surface area contributed by atoms with Gasteiger partial charge in [0.2, 0.25) is 5.91 Å². The number of benzene rings is 1. The molecule has 190 valence electrons. The highest BCUT2D eigenvalue weighted by Gasteiger charge is 2.43. The van der Waals surface area contributed by atoms with Crippen molar-refractivity contribution >= 4 is 16.8 Å². The number of carbonyl (C=O) groups excluding carboxylic acids is 1. The van der Waals surface area contributed by atoms with Crippen LogP contribution in [0.3, 0.4) is 0 Å². The van der Waals surface area contributed by atoms with Gasteiger partial charge in [0.05, 0.1) is 23.7 Å². The second-order valence-electron chi connectivity index (χ2n) is 11.2. The van der Waals surface area contributed by atoms with Gasteiger partial charge in [-0.3, -0.25) is 19.9 Å². The first-order chi connectivity index (χ1) is 17.5. The standard InChI is InChI=1S/C28H36N6O2/c1-18-13-19(10-12-29-18)26-23-14-20(8-9-25(23)31-32-26)27(35)30-22-6-4-11-28(36,15-22)17-34-16-21-5-2-3-7-24(21)33-34/h2-3,5,7,10,12-13,16,20,22-23,25-26,31-32,36H,4,6,8-9,11,14-15,17H2,1H3,(H,30,35)/t20?,22-,23?,25?,26?,28-/m1/s1. The number of hydrogen-bond acceptors (Lipinski definition) is 6. The number of fused-ring (bicyclic) bond motifs is 2. The lowest BCUT2D eigenvalue weighted by molar-refractivity contribution is -0.128. The van der Waals surface area contributed by atoms with Crippen LogP contribution in [0.4, 0.5) is 0 Å². The molecule has 4 unspecified atom stereocenters. The summed E-state index contributed by atoms with van der Waals surface area (Å²) < 4.78 is 1.86. The molecule has 8 heteroatoms. The zero-order valence-electron chi connectivity index (χ0n) is 20.9. The Morgan fingerprint density at radius 2 is 2.11 bits per heavy atom. The van der Waals surface area contributed by atoms with Gasteiger partial charge < -0.3 is 10.4 Å². The van der Waals surface area contributed by atoms with Crippen LogP contribution in [0.15, 0.2) is 48.8 Å². The predicted octanol–water partition coefficient (Wildman–Crippen LogP) is 3.16. The number of hydrogen-bond donors (Lipinski definition) is 4. The molecule has 0 radical (unpaired) electrons. The Morgan fingerprint density at radius 1 is 1.22 bits per heavy atom. The van der Waals surface area contributed by atoms with E-state index in [0.717, 1.165) is 55.1 Å². The van der Waals surface area contributed by atoms with E-state index in [9.17, 15) is 9.90 Å². The Labute approximate surface area is 211 Å². The van der Waals surface area contributed by atoms with Crippen LogP contribution in [0.25, 0.3) is 10.9 Å². The minimum Gasteiger partial charge on any atom is -0.388 e. The van der Waals surface area contributed by atoms with Crippen LogP contribution in [-0.4, -0.2) is 43.5 Å². The van der Waals surface area contributed by atoms with Crippen molar-refractivity contribution in [3.8, 4) is 0 Å². The molecular weight excluding hydrogens is 452 g/mol. The quantitative estimate of drug-likeness (QED) is 0.440. The zero-order chi connectivity index (χ0) is 24.7. The monoisotopic (exact) mass is 488 g/mol. The van der Waals surface area contributed by atoms with E-state index < -0.39 is 5.60 Å². The molecule has 6 atom stereocenters. The van der Waals surface area contributed by atoms with Gasteiger partial charge in [0, 0.05) is 41.5 Å². The Morgan fingerprint density at radius 3 is 2.97 bits per heavy atom. The summed E-state index contributed by atoms with van der Waals surface area (Å²) in [6.45, 7) is 2.46. The molecule has 2 aliphatic carbocycles. The molecule has 2 saturated carbocycles. The SMILES string of the molecule is Cc1cc(C2NNC3CCC(C(=O)N[C@@H]4CCC[C@](O)(Cn5cc6ccccc6n5)C4)CC32)ccn1. The van der Waals surface area contributed by atoms with Crippen LogP contribution >= 0.6 is 0 Å². The van der Waals surface area contributed by atoms with E-state index in [-0.39, 0.29) is 23.9 Å². The lowest BCUT2D eigenvalue weighted by atomic mass is 9.74. The van der Waals surface area contributed by atoms with Crippen LogP contribution in [0, 0.1) is 18.8 Å². The number of nitrogens with one attached hydrogen (secondary N) is 3. The first-order valence-electron chi connectivity index (χ1n) is 13.3. The first-order valence-corrected chi connectivity index (χ1v) is 13.3. The summed E-state index contributed by atoms with van der Waals surface area (Å²) in [6, 6.07) is 12.8. The first kappa shape index (κ1) is 23.6. The fourth-order valence-corrected chi connectivity index (χ4v) is 6.71. The molecule has 36 heavy (non-hydrogen) atoms. The molecule has 0 spiro atoms. The van der Waals surface area contributed by atoms with Crippen molar-refractivity contribution in [2.75, 3.05) is 0 Å². The molecule has 2 aromatic heterocycles. The number of aryl methyl sites for hydroxylation is 1.